The first-order valence-corrected chi connectivity index (χ1v) is 9.25. The fourth-order valence-corrected chi connectivity index (χ4v) is 3.41. The van der Waals surface area contributed by atoms with E-state index in [4.69, 9.17) is 4.74 Å². The third kappa shape index (κ3) is 3.70. The number of imidazole rings is 1. The van der Waals surface area contributed by atoms with E-state index in [0.29, 0.717) is 21.7 Å². The highest BCUT2D eigenvalue weighted by Crippen LogP contribution is 2.31. The number of thiazole rings is 1. The van der Waals surface area contributed by atoms with Crippen molar-refractivity contribution in [2.45, 2.75) is 39.3 Å². The molecular weight excluding hydrogens is 368 g/mol. The average Bonchev–Trinajstić information content (AvgIpc) is 3.15. The van der Waals surface area contributed by atoms with Gasteiger partial charge in [-0.15, -0.1) is 0 Å². The Labute approximate surface area is 160 Å². The maximum atomic E-state index is 12.6. The summed E-state index contributed by atoms with van der Waals surface area (Å²) in [5, 5.41) is 5.87. The van der Waals surface area contributed by atoms with Gasteiger partial charge in [0.2, 0.25) is 0 Å². The summed E-state index contributed by atoms with van der Waals surface area (Å²) in [5.74, 6) is -0.324. The second-order valence-corrected chi connectivity index (χ2v) is 8.14. The Morgan fingerprint density at radius 2 is 1.96 bits per heavy atom. The number of fused-ring (bicyclic) bond motifs is 3. The van der Waals surface area contributed by atoms with Crippen LogP contribution >= 0.6 is 11.3 Å². The van der Waals surface area contributed by atoms with Gasteiger partial charge in [-0.3, -0.25) is 4.79 Å². The second-order valence-electron chi connectivity index (χ2n) is 7.16. The van der Waals surface area contributed by atoms with Gasteiger partial charge in [0.05, 0.1) is 6.33 Å². The highest BCUT2D eigenvalue weighted by atomic mass is 32.1. The second kappa shape index (κ2) is 6.76. The molecule has 3 aromatic rings. The molecule has 27 heavy (non-hydrogen) atoms. The van der Waals surface area contributed by atoms with Crippen molar-refractivity contribution < 1.29 is 14.3 Å². The minimum absolute atomic E-state index is 0.226. The van der Waals surface area contributed by atoms with Gasteiger partial charge in [-0.1, -0.05) is 11.3 Å². The van der Waals surface area contributed by atoms with Gasteiger partial charge in [0.25, 0.3) is 5.91 Å². The molecule has 9 nitrogen and oxygen atoms in total. The van der Waals surface area contributed by atoms with E-state index < -0.39 is 23.5 Å². The van der Waals surface area contributed by atoms with Crippen molar-refractivity contribution in [2.24, 2.45) is 7.05 Å². The number of aryl methyl sites for hydroxylation is 1. The molecule has 0 bridgehead atoms. The molecule has 3 rings (SSSR count). The van der Waals surface area contributed by atoms with Crippen LogP contribution in [0.1, 0.15) is 37.5 Å². The van der Waals surface area contributed by atoms with E-state index in [-0.39, 0.29) is 5.01 Å². The van der Waals surface area contributed by atoms with Crippen molar-refractivity contribution >= 4 is 50.4 Å². The summed E-state index contributed by atoms with van der Waals surface area (Å²) < 4.78 is 7.12. The highest BCUT2D eigenvalue weighted by Gasteiger charge is 2.25. The van der Waals surface area contributed by atoms with Gasteiger partial charge >= 0.3 is 5.97 Å². The van der Waals surface area contributed by atoms with Crippen molar-refractivity contribution in [2.75, 3.05) is 12.4 Å². The molecule has 10 heteroatoms. The number of esters is 1. The molecule has 144 valence electrons. The number of ether oxygens (including phenoxy) is 1. The van der Waals surface area contributed by atoms with Crippen molar-refractivity contribution in [1.82, 2.24) is 24.8 Å². The molecule has 0 unspecified atom stereocenters. The lowest BCUT2D eigenvalue weighted by atomic mass is 10.2. The van der Waals surface area contributed by atoms with Crippen LogP contribution in [0.4, 0.5) is 5.82 Å². The quantitative estimate of drug-likeness (QED) is 0.656. The molecule has 0 aromatic carbocycles. The first-order chi connectivity index (χ1) is 12.6. The van der Waals surface area contributed by atoms with E-state index in [1.165, 1.54) is 0 Å². The van der Waals surface area contributed by atoms with Gasteiger partial charge in [0.15, 0.2) is 10.8 Å². The number of hydrogen-bond acceptors (Lipinski definition) is 8. The molecule has 0 spiro atoms. The summed E-state index contributed by atoms with van der Waals surface area (Å²) in [6.07, 6.45) is 1.68. The maximum Gasteiger partial charge on any atom is 0.328 e. The van der Waals surface area contributed by atoms with Crippen LogP contribution in [0.25, 0.3) is 21.4 Å². The fourth-order valence-electron chi connectivity index (χ4n) is 2.56. The summed E-state index contributed by atoms with van der Waals surface area (Å²) in [6.45, 7) is 6.90. The lowest BCUT2D eigenvalue weighted by Crippen LogP contribution is -2.42. The molecule has 0 saturated heterocycles. The Morgan fingerprint density at radius 1 is 1.26 bits per heavy atom. The van der Waals surface area contributed by atoms with Gasteiger partial charge in [-0.25, -0.2) is 19.7 Å². The van der Waals surface area contributed by atoms with Crippen LogP contribution < -0.4 is 10.6 Å². The summed E-state index contributed by atoms with van der Waals surface area (Å²) in [6, 6.07) is -0.790. The maximum absolute atomic E-state index is 12.6. The Kier molecular flexibility index (Phi) is 4.77. The normalized spacial score (nSPS) is 13.0. The number of anilines is 1. The zero-order valence-electron chi connectivity index (χ0n) is 16.1. The van der Waals surface area contributed by atoms with Crippen LogP contribution in [-0.4, -0.2) is 50.1 Å². The van der Waals surface area contributed by atoms with Crippen LogP contribution in [-0.2, 0) is 16.6 Å². The lowest BCUT2D eigenvalue weighted by Gasteiger charge is -2.22. The molecule has 0 aliphatic carbocycles. The molecular formula is C17H22N6O3S. The number of nitrogens with one attached hydrogen (secondary N) is 2. The molecule has 2 N–H and O–H groups in total. The number of carbonyl (C=O) groups is 2. The first-order valence-electron chi connectivity index (χ1n) is 8.43. The summed E-state index contributed by atoms with van der Waals surface area (Å²) in [4.78, 5) is 38.5. The third-order valence-electron chi connectivity index (χ3n) is 3.75. The van der Waals surface area contributed by atoms with E-state index in [0.717, 1.165) is 16.9 Å². The Hall–Kier alpha value is -2.75. The van der Waals surface area contributed by atoms with E-state index in [9.17, 15) is 9.59 Å². The molecule has 0 aliphatic rings. The van der Waals surface area contributed by atoms with Crippen molar-refractivity contribution in [3.05, 3.63) is 11.3 Å². The van der Waals surface area contributed by atoms with Gasteiger partial charge in [0, 0.05) is 14.1 Å². The van der Waals surface area contributed by atoms with Gasteiger partial charge in [0.1, 0.15) is 33.0 Å². The monoisotopic (exact) mass is 390 g/mol. The fraction of sp³-hybridized carbons (Fsp3) is 0.471. The summed E-state index contributed by atoms with van der Waals surface area (Å²) in [5.41, 5.74) is 1.46. The number of nitrogens with zero attached hydrogens (tertiary/aromatic N) is 4. The third-order valence-corrected chi connectivity index (χ3v) is 4.70. The largest absolute Gasteiger partial charge is 0.458 e. The van der Waals surface area contributed by atoms with E-state index in [1.54, 1.807) is 41.1 Å². The smallest absolute Gasteiger partial charge is 0.328 e. The number of aromatic nitrogens is 4. The predicted molar refractivity (Wildman–Crippen MR) is 104 cm³/mol. The van der Waals surface area contributed by atoms with Crippen molar-refractivity contribution in [1.29, 1.82) is 0 Å². The zero-order chi connectivity index (χ0) is 19.9. The Balaban J connectivity index is 1.91. The number of amides is 1. The lowest BCUT2D eigenvalue weighted by molar-refractivity contribution is -0.156. The van der Waals surface area contributed by atoms with E-state index in [2.05, 4.69) is 25.6 Å². The highest BCUT2D eigenvalue weighted by molar-refractivity contribution is 7.20. The number of pyridine rings is 1. The molecule has 0 radical (unpaired) electrons. The molecule has 1 amide bonds. The van der Waals surface area contributed by atoms with Crippen LogP contribution in [0.15, 0.2) is 6.33 Å². The van der Waals surface area contributed by atoms with Crippen molar-refractivity contribution in [3.63, 3.8) is 0 Å². The molecule has 1 atom stereocenters. The number of hydrogen-bond donors (Lipinski definition) is 2. The van der Waals surface area contributed by atoms with Crippen molar-refractivity contribution in [3.8, 4) is 0 Å². The Morgan fingerprint density at radius 3 is 2.59 bits per heavy atom. The molecule has 0 fully saturated rings. The van der Waals surface area contributed by atoms with Gasteiger partial charge in [-0.05, 0) is 27.7 Å². The predicted octanol–water partition coefficient (Wildman–Crippen LogP) is 2.08. The molecule has 3 heterocycles. The molecule has 3 aromatic heterocycles. The topological polar surface area (TPSA) is 111 Å². The summed E-state index contributed by atoms with van der Waals surface area (Å²) in [7, 11) is 3.62. The average molecular weight is 390 g/mol. The SMILES string of the molecule is CNc1nc2sc(C(=O)N[C@@H](C)C(=O)OC(C)(C)C)nc2c2c1ncn2C. The molecule has 0 aliphatic heterocycles. The van der Waals surface area contributed by atoms with Crippen LogP contribution in [0.2, 0.25) is 0 Å². The van der Waals surface area contributed by atoms with Crippen LogP contribution in [0.5, 0.6) is 0 Å². The standard InChI is InChI=1S/C17H22N6O3S/c1-8(16(25)26-17(2,3)4)20-13(24)15-21-10-11-9(19-7-23(11)6)12(18-5)22-14(10)27-15/h7-8H,1-6H3,(H,18,22)(H,20,24)/t8-/m0/s1. The number of carbonyl (C=O) groups excluding carboxylic acids is 2. The first kappa shape index (κ1) is 19.0. The number of rotatable bonds is 4. The van der Waals surface area contributed by atoms with E-state index in [1.807, 2.05) is 11.6 Å². The van der Waals surface area contributed by atoms with E-state index >= 15 is 0 Å². The van der Waals surface area contributed by atoms with Crippen LogP contribution in [0, 0.1) is 0 Å². The van der Waals surface area contributed by atoms with Crippen LogP contribution in [0.3, 0.4) is 0 Å². The summed E-state index contributed by atoms with van der Waals surface area (Å²) >= 11 is 1.16. The molecule has 0 saturated carbocycles. The minimum atomic E-state index is -0.790. The Bertz CT molecular complexity index is 1030. The zero-order valence-corrected chi connectivity index (χ0v) is 16.9. The van der Waals surface area contributed by atoms with Gasteiger partial charge in [-0.2, -0.15) is 0 Å². The van der Waals surface area contributed by atoms with Gasteiger partial charge < -0.3 is 19.9 Å². The minimum Gasteiger partial charge on any atom is -0.458 e.